The van der Waals surface area contributed by atoms with E-state index < -0.39 is 35.3 Å². The van der Waals surface area contributed by atoms with E-state index in [-0.39, 0.29) is 11.3 Å². The third-order valence-corrected chi connectivity index (χ3v) is 5.98. The van der Waals surface area contributed by atoms with Gasteiger partial charge in [0.25, 0.3) is 11.6 Å². The summed E-state index contributed by atoms with van der Waals surface area (Å²) in [5.74, 6) is -3.59. The second-order valence-electron chi connectivity index (χ2n) is 7.46. The summed E-state index contributed by atoms with van der Waals surface area (Å²) in [5, 5.41) is 6.37. The van der Waals surface area contributed by atoms with Crippen molar-refractivity contribution in [2.45, 2.75) is 33.8 Å². The van der Waals surface area contributed by atoms with Crippen LogP contribution in [-0.2, 0) is 9.53 Å². The molecule has 3 aromatic heterocycles. The van der Waals surface area contributed by atoms with Crippen molar-refractivity contribution in [2.24, 2.45) is 0 Å². The molecule has 1 N–H and O–H groups in total. The van der Waals surface area contributed by atoms with Gasteiger partial charge < -0.3 is 14.6 Å². The second kappa shape index (κ2) is 8.70. The maximum absolute atomic E-state index is 13.8. The Labute approximate surface area is 191 Å². The molecule has 10 heteroatoms. The Morgan fingerprint density at radius 3 is 2.48 bits per heavy atom. The number of carbonyl (C=O) groups is 2. The van der Waals surface area contributed by atoms with E-state index in [0.717, 1.165) is 27.5 Å². The lowest BCUT2D eigenvalue weighted by Crippen LogP contribution is -2.30. The summed E-state index contributed by atoms with van der Waals surface area (Å²) >= 11 is 1.59. The number of para-hydroxylation sites is 1. The molecule has 3 heterocycles. The number of ether oxygens (including phenoxy) is 1. The molecule has 0 bridgehead atoms. The van der Waals surface area contributed by atoms with Gasteiger partial charge in [-0.3, -0.25) is 4.79 Å². The Morgan fingerprint density at radius 2 is 1.85 bits per heavy atom. The number of nitrogens with zero attached hydrogens (tertiary/aromatic N) is 2. The summed E-state index contributed by atoms with van der Waals surface area (Å²) in [6.45, 7) is 6.86. The Bertz CT molecular complexity index is 1380. The van der Waals surface area contributed by atoms with Crippen molar-refractivity contribution in [1.29, 1.82) is 0 Å². The predicted molar refractivity (Wildman–Crippen MR) is 119 cm³/mol. The van der Waals surface area contributed by atoms with Gasteiger partial charge in [-0.25, -0.2) is 18.6 Å². The normalized spacial score (nSPS) is 12.1. The summed E-state index contributed by atoms with van der Waals surface area (Å²) in [7, 11) is 0. The second-order valence-corrected chi connectivity index (χ2v) is 8.92. The maximum atomic E-state index is 13.8. The van der Waals surface area contributed by atoms with Gasteiger partial charge in [-0.2, -0.15) is 0 Å². The van der Waals surface area contributed by atoms with E-state index in [4.69, 9.17) is 9.26 Å². The van der Waals surface area contributed by atoms with Crippen molar-refractivity contribution in [3.63, 3.8) is 0 Å². The quantitative estimate of drug-likeness (QED) is 0.395. The van der Waals surface area contributed by atoms with E-state index >= 15 is 0 Å². The summed E-state index contributed by atoms with van der Waals surface area (Å²) in [5.41, 5.74) is 1.43. The van der Waals surface area contributed by atoms with Crippen molar-refractivity contribution in [2.75, 3.05) is 5.32 Å². The zero-order valence-electron chi connectivity index (χ0n) is 18.2. The lowest BCUT2D eigenvalue weighted by molar-refractivity contribution is -0.123. The number of halogens is 2. The van der Waals surface area contributed by atoms with Crippen LogP contribution in [0.3, 0.4) is 0 Å². The standard InChI is InChI=1S/C23H19F2N3O4S/c1-10-8-14(13(4)33-10)18-9-15(19-11(2)28-32-22(19)26-18)23(30)31-12(3)21(29)27-20-16(24)6-5-7-17(20)25/h5-9,12H,1-4H3,(H,27,29). The van der Waals surface area contributed by atoms with Crippen LogP contribution in [0.1, 0.15) is 32.7 Å². The zero-order valence-corrected chi connectivity index (χ0v) is 19.0. The fraction of sp³-hybridized carbons (Fsp3) is 0.217. The highest BCUT2D eigenvalue weighted by Crippen LogP contribution is 2.33. The Balaban J connectivity index is 1.64. The van der Waals surface area contributed by atoms with Crippen molar-refractivity contribution >= 4 is 40.0 Å². The zero-order chi connectivity index (χ0) is 23.9. The number of pyridine rings is 1. The van der Waals surface area contributed by atoms with E-state index in [1.807, 2.05) is 19.9 Å². The molecule has 0 saturated heterocycles. The Hall–Kier alpha value is -3.66. The van der Waals surface area contributed by atoms with Crippen LogP contribution in [0.25, 0.3) is 22.4 Å². The molecule has 1 unspecified atom stereocenters. The van der Waals surface area contributed by atoms with Crippen molar-refractivity contribution < 1.29 is 27.6 Å². The number of rotatable bonds is 5. The minimum absolute atomic E-state index is 0.119. The molecule has 0 radical (unpaired) electrons. The van der Waals surface area contributed by atoms with Crippen molar-refractivity contribution in [3.05, 3.63) is 63.0 Å². The number of benzene rings is 1. The van der Waals surface area contributed by atoms with E-state index in [2.05, 4.69) is 15.5 Å². The number of aromatic nitrogens is 2. The number of carbonyl (C=O) groups excluding carboxylic acids is 2. The Morgan fingerprint density at radius 1 is 1.15 bits per heavy atom. The van der Waals surface area contributed by atoms with Crippen LogP contribution in [0.2, 0.25) is 0 Å². The number of hydrogen-bond acceptors (Lipinski definition) is 7. The number of amides is 1. The maximum Gasteiger partial charge on any atom is 0.339 e. The van der Waals surface area contributed by atoms with Crippen molar-refractivity contribution in [1.82, 2.24) is 10.1 Å². The predicted octanol–water partition coefficient (Wildman–Crippen LogP) is 5.34. The van der Waals surface area contributed by atoms with E-state index in [0.29, 0.717) is 16.8 Å². The van der Waals surface area contributed by atoms with Gasteiger partial charge >= 0.3 is 5.97 Å². The molecule has 4 aromatic rings. The first-order valence-electron chi connectivity index (χ1n) is 9.96. The number of hydrogen-bond donors (Lipinski definition) is 1. The first kappa shape index (κ1) is 22.5. The van der Waals surface area contributed by atoms with Crippen LogP contribution in [0.5, 0.6) is 0 Å². The van der Waals surface area contributed by atoms with Crippen LogP contribution in [0.4, 0.5) is 14.5 Å². The average molecular weight is 471 g/mol. The highest BCUT2D eigenvalue weighted by atomic mass is 32.1. The fourth-order valence-electron chi connectivity index (χ4n) is 3.40. The molecule has 33 heavy (non-hydrogen) atoms. The number of nitrogens with one attached hydrogen (secondary N) is 1. The summed E-state index contributed by atoms with van der Waals surface area (Å²) < 4.78 is 38.3. The highest BCUT2D eigenvalue weighted by molar-refractivity contribution is 7.12. The number of thiophene rings is 1. The van der Waals surface area contributed by atoms with Crippen molar-refractivity contribution in [3.8, 4) is 11.3 Å². The molecule has 1 atom stereocenters. The lowest BCUT2D eigenvalue weighted by Gasteiger charge is -2.15. The van der Waals surface area contributed by atoms with Gasteiger partial charge in [0, 0.05) is 15.3 Å². The van der Waals surface area contributed by atoms with Crippen LogP contribution in [-0.4, -0.2) is 28.1 Å². The molecule has 0 fully saturated rings. The van der Waals surface area contributed by atoms with Crippen LogP contribution < -0.4 is 5.32 Å². The minimum atomic E-state index is -1.34. The van der Waals surface area contributed by atoms with Gasteiger partial charge in [0.2, 0.25) is 0 Å². The van der Waals surface area contributed by atoms with Crippen LogP contribution >= 0.6 is 11.3 Å². The summed E-state index contributed by atoms with van der Waals surface area (Å²) in [4.78, 5) is 32.0. The number of esters is 1. The molecule has 0 aliphatic rings. The molecule has 0 aliphatic heterocycles. The van der Waals surface area contributed by atoms with Crippen LogP contribution in [0, 0.1) is 32.4 Å². The van der Waals surface area contributed by atoms with E-state index in [9.17, 15) is 18.4 Å². The molecule has 0 aliphatic carbocycles. The largest absolute Gasteiger partial charge is 0.449 e. The molecule has 1 amide bonds. The first-order valence-corrected chi connectivity index (χ1v) is 10.8. The number of aryl methyl sites for hydroxylation is 3. The van der Waals surface area contributed by atoms with Gasteiger partial charge in [0.05, 0.1) is 22.3 Å². The van der Waals surface area contributed by atoms with E-state index in [1.54, 1.807) is 24.3 Å². The van der Waals surface area contributed by atoms with Gasteiger partial charge in [-0.05, 0) is 52.0 Å². The lowest BCUT2D eigenvalue weighted by atomic mass is 10.1. The van der Waals surface area contributed by atoms with Gasteiger partial charge in [0.15, 0.2) is 6.10 Å². The van der Waals surface area contributed by atoms with Gasteiger partial charge in [0.1, 0.15) is 17.3 Å². The first-order chi connectivity index (χ1) is 15.7. The summed E-state index contributed by atoms with van der Waals surface area (Å²) in [6, 6.07) is 6.70. The average Bonchev–Trinajstić information content (AvgIpc) is 3.31. The van der Waals surface area contributed by atoms with Crippen LogP contribution in [0.15, 0.2) is 34.9 Å². The summed E-state index contributed by atoms with van der Waals surface area (Å²) in [6.07, 6.45) is -1.34. The molecular formula is C23H19F2N3O4S. The third-order valence-electron chi connectivity index (χ3n) is 5.02. The minimum Gasteiger partial charge on any atom is -0.449 e. The topological polar surface area (TPSA) is 94.3 Å². The molecule has 0 spiro atoms. The van der Waals surface area contributed by atoms with Gasteiger partial charge in [-0.15, -0.1) is 11.3 Å². The van der Waals surface area contributed by atoms with Gasteiger partial charge in [-0.1, -0.05) is 11.2 Å². The SMILES string of the molecule is Cc1cc(-c2cc(C(=O)OC(C)C(=O)Nc3c(F)cccc3F)c3c(C)noc3n2)c(C)s1. The number of anilines is 1. The number of fused-ring (bicyclic) bond motifs is 1. The molecule has 7 nitrogen and oxygen atoms in total. The molecule has 4 rings (SSSR count). The fourth-order valence-corrected chi connectivity index (χ4v) is 4.33. The molecule has 1 aromatic carbocycles. The third kappa shape index (κ3) is 4.34. The molecule has 170 valence electrons. The highest BCUT2D eigenvalue weighted by Gasteiger charge is 2.26. The molecular weight excluding hydrogens is 452 g/mol. The smallest absolute Gasteiger partial charge is 0.339 e. The molecule has 0 saturated carbocycles. The van der Waals surface area contributed by atoms with E-state index in [1.165, 1.54) is 13.0 Å². The monoisotopic (exact) mass is 471 g/mol. The Kier molecular flexibility index (Phi) is 5.94.